The van der Waals surface area contributed by atoms with Crippen LogP contribution in [0.25, 0.3) is 0 Å². The molecule has 1 amide bonds. The molecular formula is C16H13F4NO2. The second-order valence-electron chi connectivity index (χ2n) is 4.74. The first-order chi connectivity index (χ1) is 10.8. The summed E-state index contributed by atoms with van der Waals surface area (Å²) in [6, 6.07) is 11.0. The topological polar surface area (TPSA) is 38.3 Å². The average molecular weight is 327 g/mol. The van der Waals surface area contributed by atoms with Crippen molar-refractivity contribution in [1.82, 2.24) is 5.32 Å². The normalized spacial score (nSPS) is 11.1. The van der Waals surface area contributed by atoms with E-state index in [4.69, 9.17) is 0 Å². The molecule has 0 fully saturated rings. The highest BCUT2D eigenvalue weighted by atomic mass is 19.4. The van der Waals surface area contributed by atoms with E-state index in [1.54, 1.807) is 12.1 Å². The molecule has 0 atom stereocenters. The van der Waals surface area contributed by atoms with Crippen LogP contribution in [0, 0.1) is 5.82 Å². The number of carbonyl (C=O) groups excluding carboxylic acids is 1. The lowest BCUT2D eigenvalue weighted by molar-refractivity contribution is -0.153. The van der Waals surface area contributed by atoms with Crippen LogP contribution in [0.4, 0.5) is 17.6 Å². The molecule has 2 aromatic rings. The number of nitrogens with one attached hydrogen (secondary N) is 1. The van der Waals surface area contributed by atoms with E-state index in [0.29, 0.717) is 11.1 Å². The minimum absolute atomic E-state index is 0.0935. The quantitative estimate of drug-likeness (QED) is 0.851. The van der Waals surface area contributed by atoms with E-state index in [2.05, 4.69) is 10.1 Å². The summed E-state index contributed by atoms with van der Waals surface area (Å²) in [4.78, 5) is 11.8. The van der Waals surface area contributed by atoms with Gasteiger partial charge in [-0.3, -0.25) is 4.79 Å². The maximum Gasteiger partial charge on any atom is 0.422 e. The molecular weight excluding hydrogens is 314 g/mol. The molecule has 3 nitrogen and oxygen atoms in total. The minimum atomic E-state index is -4.39. The van der Waals surface area contributed by atoms with Gasteiger partial charge >= 0.3 is 6.18 Å². The number of ether oxygens (including phenoxy) is 1. The second kappa shape index (κ2) is 7.13. The summed E-state index contributed by atoms with van der Waals surface area (Å²) in [7, 11) is 0. The fourth-order valence-corrected chi connectivity index (χ4v) is 1.75. The second-order valence-corrected chi connectivity index (χ2v) is 4.74. The lowest BCUT2D eigenvalue weighted by Gasteiger charge is -2.10. The Kier molecular flexibility index (Phi) is 5.20. The van der Waals surface area contributed by atoms with Crippen molar-refractivity contribution in [3.05, 3.63) is 65.5 Å². The molecule has 0 aromatic heterocycles. The van der Waals surface area contributed by atoms with E-state index in [1.807, 2.05) is 0 Å². The van der Waals surface area contributed by atoms with Crippen molar-refractivity contribution in [3.8, 4) is 5.75 Å². The first-order valence-electron chi connectivity index (χ1n) is 6.66. The zero-order chi connectivity index (χ0) is 16.9. The number of hydrogen-bond acceptors (Lipinski definition) is 2. The van der Waals surface area contributed by atoms with Crippen LogP contribution in [-0.4, -0.2) is 18.7 Å². The third kappa shape index (κ3) is 5.61. The fourth-order valence-electron chi connectivity index (χ4n) is 1.75. The van der Waals surface area contributed by atoms with E-state index in [0.717, 1.165) is 0 Å². The monoisotopic (exact) mass is 327 g/mol. The van der Waals surface area contributed by atoms with Crippen LogP contribution in [0.1, 0.15) is 15.9 Å². The molecule has 0 unspecified atom stereocenters. The maximum atomic E-state index is 12.8. The van der Waals surface area contributed by atoms with Gasteiger partial charge < -0.3 is 10.1 Å². The SMILES string of the molecule is O=C(NCc1ccc(OCC(F)(F)F)cc1)c1ccc(F)cc1. The van der Waals surface area contributed by atoms with Crippen molar-refractivity contribution >= 4 is 5.91 Å². The summed E-state index contributed by atoms with van der Waals surface area (Å²) in [6.45, 7) is -1.16. The largest absolute Gasteiger partial charge is 0.484 e. The highest BCUT2D eigenvalue weighted by Gasteiger charge is 2.28. The molecule has 2 aromatic carbocycles. The van der Waals surface area contributed by atoms with Gasteiger partial charge in [0.05, 0.1) is 0 Å². The number of alkyl halides is 3. The maximum absolute atomic E-state index is 12.8. The van der Waals surface area contributed by atoms with Crippen LogP contribution in [0.3, 0.4) is 0 Å². The Labute approximate surface area is 129 Å². The number of halogens is 4. The van der Waals surface area contributed by atoms with Gasteiger partial charge in [-0.15, -0.1) is 0 Å². The van der Waals surface area contributed by atoms with Crippen LogP contribution < -0.4 is 10.1 Å². The summed E-state index contributed by atoms with van der Waals surface area (Å²) in [5.74, 6) is -0.714. The average Bonchev–Trinajstić information content (AvgIpc) is 2.51. The highest BCUT2D eigenvalue weighted by molar-refractivity contribution is 5.94. The van der Waals surface area contributed by atoms with Crippen molar-refractivity contribution in [2.24, 2.45) is 0 Å². The van der Waals surface area contributed by atoms with Gasteiger partial charge in [-0.2, -0.15) is 13.2 Å². The number of benzene rings is 2. The minimum Gasteiger partial charge on any atom is -0.484 e. The van der Waals surface area contributed by atoms with Gasteiger partial charge in [0, 0.05) is 12.1 Å². The lowest BCUT2D eigenvalue weighted by Crippen LogP contribution is -2.22. The number of carbonyl (C=O) groups is 1. The van der Waals surface area contributed by atoms with E-state index < -0.39 is 18.6 Å². The standard InChI is InChI=1S/C16H13F4NO2/c17-13-5-3-12(4-6-13)15(22)21-9-11-1-7-14(8-2-11)23-10-16(18,19)20/h1-8H,9-10H2,(H,21,22). The Morgan fingerprint density at radius 2 is 1.61 bits per heavy atom. The van der Waals surface area contributed by atoms with E-state index in [1.165, 1.54) is 36.4 Å². The molecule has 0 spiro atoms. The van der Waals surface area contributed by atoms with E-state index >= 15 is 0 Å². The summed E-state index contributed by atoms with van der Waals surface area (Å²) in [5, 5.41) is 2.63. The molecule has 1 N–H and O–H groups in total. The van der Waals surface area contributed by atoms with Crippen LogP contribution in [0.5, 0.6) is 5.75 Å². The lowest BCUT2D eigenvalue weighted by atomic mass is 10.2. The van der Waals surface area contributed by atoms with Crippen molar-refractivity contribution in [2.75, 3.05) is 6.61 Å². The molecule has 122 valence electrons. The van der Waals surface area contributed by atoms with Gasteiger partial charge in [0.1, 0.15) is 11.6 Å². The summed E-state index contributed by atoms with van der Waals surface area (Å²) in [6.07, 6.45) is -4.39. The van der Waals surface area contributed by atoms with Crippen molar-refractivity contribution in [3.63, 3.8) is 0 Å². The van der Waals surface area contributed by atoms with Crippen LogP contribution in [0.2, 0.25) is 0 Å². The van der Waals surface area contributed by atoms with Crippen molar-refractivity contribution < 1.29 is 27.1 Å². The first-order valence-corrected chi connectivity index (χ1v) is 6.66. The Bertz CT molecular complexity index is 651. The summed E-state index contributed by atoms with van der Waals surface area (Å²) in [5.41, 5.74) is 1.01. The number of rotatable bonds is 5. The Morgan fingerprint density at radius 3 is 2.17 bits per heavy atom. The Morgan fingerprint density at radius 1 is 1.00 bits per heavy atom. The molecule has 23 heavy (non-hydrogen) atoms. The molecule has 7 heteroatoms. The zero-order valence-electron chi connectivity index (χ0n) is 11.9. The molecule has 2 rings (SSSR count). The van der Waals surface area contributed by atoms with Gasteiger partial charge in [-0.1, -0.05) is 12.1 Å². The molecule has 0 radical (unpaired) electrons. The van der Waals surface area contributed by atoms with Gasteiger partial charge in [0.25, 0.3) is 5.91 Å². The van der Waals surface area contributed by atoms with Gasteiger partial charge in [-0.25, -0.2) is 4.39 Å². The molecule has 0 aliphatic rings. The van der Waals surface area contributed by atoms with Gasteiger partial charge in [-0.05, 0) is 42.0 Å². The zero-order valence-corrected chi connectivity index (χ0v) is 11.9. The Hall–Kier alpha value is -2.57. The highest BCUT2D eigenvalue weighted by Crippen LogP contribution is 2.18. The molecule has 0 heterocycles. The predicted molar refractivity (Wildman–Crippen MR) is 75.6 cm³/mol. The van der Waals surface area contributed by atoms with Gasteiger partial charge in [0.15, 0.2) is 6.61 Å². The molecule has 0 aliphatic heterocycles. The fraction of sp³-hybridized carbons (Fsp3) is 0.188. The van der Waals surface area contributed by atoms with Crippen molar-refractivity contribution in [1.29, 1.82) is 0 Å². The smallest absolute Gasteiger partial charge is 0.422 e. The molecule has 0 saturated heterocycles. The van der Waals surface area contributed by atoms with Crippen LogP contribution >= 0.6 is 0 Å². The van der Waals surface area contributed by atoms with E-state index in [9.17, 15) is 22.4 Å². The number of hydrogen-bond donors (Lipinski definition) is 1. The predicted octanol–water partition coefficient (Wildman–Crippen LogP) is 3.70. The van der Waals surface area contributed by atoms with Crippen LogP contribution in [-0.2, 0) is 6.54 Å². The summed E-state index contributed by atoms with van der Waals surface area (Å²) < 4.78 is 53.4. The third-order valence-electron chi connectivity index (χ3n) is 2.89. The molecule has 0 bridgehead atoms. The number of amides is 1. The first kappa shape index (κ1) is 16.8. The molecule has 0 aliphatic carbocycles. The van der Waals surface area contributed by atoms with Crippen molar-refractivity contribution in [2.45, 2.75) is 12.7 Å². The van der Waals surface area contributed by atoms with E-state index in [-0.39, 0.29) is 18.2 Å². The Balaban J connectivity index is 1.86. The van der Waals surface area contributed by atoms with Gasteiger partial charge in [0.2, 0.25) is 0 Å². The molecule has 0 saturated carbocycles. The van der Waals surface area contributed by atoms with Crippen LogP contribution in [0.15, 0.2) is 48.5 Å². The summed E-state index contributed by atoms with van der Waals surface area (Å²) >= 11 is 0. The third-order valence-corrected chi connectivity index (χ3v) is 2.89.